The monoisotopic (exact) mass is 648 g/mol. The average molecular weight is 649 g/mol. The van der Waals surface area contributed by atoms with Crippen molar-refractivity contribution in [1.29, 1.82) is 0 Å². The zero-order chi connectivity index (χ0) is 33.7. The van der Waals surface area contributed by atoms with Gasteiger partial charge in [0.15, 0.2) is 0 Å². The first-order valence-corrected chi connectivity index (χ1v) is 17.5. The van der Waals surface area contributed by atoms with Gasteiger partial charge in [-0.15, -0.1) is 0 Å². The van der Waals surface area contributed by atoms with Crippen molar-refractivity contribution in [3.8, 4) is 55.8 Å². The molecule has 0 saturated carbocycles. The average Bonchev–Trinajstić information content (AvgIpc) is 3.61. The van der Waals surface area contributed by atoms with Crippen LogP contribution in [0, 0.1) is 0 Å². The van der Waals surface area contributed by atoms with E-state index in [0.717, 1.165) is 33.4 Å². The predicted octanol–water partition coefficient (Wildman–Crippen LogP) is 14.2. The molecule has 0 saturated heterocycles. The number of hydrogen-bond donors (Lipinski definition) is 0. The molecule has 0 atom stereocenters. The van der Waals surface area contributed by atoms with Gasteiger partial charge in [-0.1, -0.05) is 182 Å². The second-order valence-electron chi connectivity index (χ2n) is 13.2. The van der Waals surface area contributed by atoms with Gasteiger partial charge in [0.25, 0.3) is 0 Å². The summed E-state index contributed by atoms with van der Waals surface area (Å²) in [4.78, 5) is 0. The van der Waals surface area contributed by atoms with Crippen molar-refractivity contribution in [2.75, 3.05) is 0 Å². The Balaban J connectivity index is 1.22. The molecule has 0 unspecified atom stereocenters. The van der Waals surface area contributed by atoms with Gasteiger partial charge in [0.1, 0.15) is 11.3 Å². The summed E-state index contributed by atoms with van der Waals surface area (Å²) in [5.41, 5.74) is 11.5. The molecular formula is C50H32O. The summed E-state index contributed by atoms with van der Waals surface area (Å²) >= 11 is 0. The van der Waals surface area contributed by atoms with E-state index in [0.29, 0.717) is 0 Å². The minimum atomic E-state index is 0.881. The third kappa shape index (κ3) is 4.86. The molecule has 0 amide bonds. The number of rotatable bonds is 5. The van der Waals surface area contributed by atoms with E-state index in [-0.39, 0.29) is 0 Å². The fourth-order valence-corrected chi connectivity index (χ4v) is 7.96. The van der Waals surface area contributed by atoms with E-state index in [2.05, 4.69) is 194 Å². The molecule has 0 bridgehead atoms. The Morgan fingerprint density at radius 1 is 0.294 bits per heavy atom. The normalized spacial score (nSPS) is 11.5. The van der Waals surface area contributed by atoms with Crippen molar-refractivity contribution in [3.05, 3.63) is 194 Å². The molecule has 0 fully saturated rings. The molecule has 0 N–H and O–H groups in total. The van der Waals surface area contributed by atoms with E-state index in [4.69, 9.17) is 4.42 Å². The fraction of sp³-hybridized carbons (Fsp3) is 0. The van der Waals surface area contributed by atoms with Gasteiger partial charge < -0.3 is 4.42 Å². The standard InChI is InChI=1S/C50H32O/c1-3-15-35(16-4-1)47-49-44(24-13-25-45(49)51-50(47)37-17-5-2-6-18-37)48-42-22-11-9-20-40(42)46(41-21-10-12-23-43(41)48)36-29-26-34(27-30-36)39-31-28-33-14-7-8-19-38(33)32-39/h1-32H. The molecule has 1 heterocycles. The number of furan rings is 1. The van der Waals surface area contributed by atoms with Gasteiger partial charge in [0, 0.05) is 16.5 Å². The van der Waals surface area contributed by atoms with Crippen LogP contribution in [0.25, 0.3) is 99.1 Å². The van der Waals surface area contributed by atoms with Gasteiger partial charge in [0.05, 0.1) is 0 Å². The minimum absolute atomic E-state index is 0.881. The summed E-state index contributed by atoms with van der Waals surface area (Å²) in [5, 5.41) is 8.55. The quantitative estimate of drug-likeness (QED) is 0.169. The van der Waals surface area contributed by atoms with E-state index in [9.17, 15) is 0 Å². The Hall–Kier alpha value is -6.70. The van der Waals surface area contributed by atoms with E-state index in [1.807, 2.05) is 0 Å². The van der Waals surface area contributed by atoms with Crippen LogP contribution in [0.3, 0.4) is 0 Å². The molecule has 0 aliphatic rings. The van der Waals surface area contributed by atoms with Crippen LogP contribution in [0.2, 0.25) is 0 Å². The highest BCUT2D eigenvalue weighted by atomic mass is 16.3. The first-order valence-electron chi connectivity index (χ1n) is 17.5. The fourth-order valence-electron chi connectivity index (χ4n) is 7.96. The molecule has 0 radical (unpaired) electrons. The van der Waals surface area contributed by atoms with Crippen molar-refractivity contribution in [2.24, 2.45) is 0 Å². The van der Waals surface area contributed by atoms with E-state index < -0.39 is 0 Å². The summed E-state index contributed by atoms with van der Waals surface area (Å²) in [6, 6.07) is 69.8. The maximum absolute atomic E-state index is 6.79. The van der Waals surface area contributed by atoms with Crippen molar-refractivity contribution in [2.45, 2.75) is 0 Å². The Morgan fingerprint density at radius 3 is 1.47 bits per heavy atom. The Labute approximate surface area is 296 Å². The Bertz CT molecular complexity index is 2820. The van der Waals surface area contributed by atoms with Crippen molar-refractivity contribution >= 4 is 43.3 Å². The lowest BCUT2D eigenvalue weighted by Gasteiger charge is -2.19. The molecule has 51 heavy (non-hydrogen) atoms. The highest BCUT2D eigenvalue weighted by Gasteiger charge is 2.24. The van der Waals surface area contributed by atoms with Crippen LogP contribution in [-0.4, -0.2) is 0 Å². The van der Waals surface area contributed by atoms with Crippen LogP contribution >= 0.6 is 0 Å². The second-order valence-corrected chi connectivity index (χ2v) is 13.2. The molecule has 1 nitrogen and oxygen atoms in total. The third-order valence-corrected chi connectivity index (χ3v) is 10.3. The summed E-state index contributed by atoms with van der Waals surface area (Å²) in [5.74, 6) is 0.890. The Morgan fingerprint density at radius 2 is 0.804 bits per heavy atom. The molecule has 0 spiro atoms. The first kappa shape index (κ1) is 29.2. The lowest BCUT2D eigenvalue weighted by atomic mass is 9.84. The predicted molar refractivity (Wildman–Crippen MR) is 216 cm³/mol. The maximum Gasteiger partial charge on any atom is 0.143 e. The molecule has 0 aliphatic heterocycles. The molecular weight excluding hydrogens is 617 g/mol. The van der Waals surface area contributed by atoms with Gasteiger partial charge in [-0.05, 0) is 83.4 Å². The summed E-state index contributed by atoms with van der Waals surface area (Å²) < 4.78 is 6.79. The molecule has 10 aromatic rings. The third-order valence-electron chi connectivity index (χ3n) is 10.3. The number of hydrogen-bond acceptors (Lipinski definition) is 1. The van der Waals surface area contributed by atoms with Crippen molar-refractivity contribution in [1.82, 2.24) is 0 Å². The van der Waals surface area contributed by atoms with Gasteiger partial charge in [-0.2, -0.15) is 0 Å². The van der Waals surface area contributed by atoms with E-state index in [1.54, 1.807) is 0 Å². The van der Waals surface area contributed by atoms with Crippen molar-refractivity contribution in [3.63, 3.8) is 0 Å². The van der Waals surface area contributed by atoms with Crippen LogP contribution in [-0.2, 0) is 0 Å². The van der Waals surface area contributed by atoms with Crippen LogP contribution in [0.4, 0.5) is 0 Å². The first-order chi connectivity index (χ1) is 25.3. The number of fused-ring (bicyclic) bond motifs is 4. The zero-order valence-corrected chi connectivity index (χ0v) is 27.9. The lowest BCUT2D eigenvalue weighted by Crippen LogP contribution is -1.92. The molecule has 10 rings (SSSR count). The van der Waals surface area contributed by atoms with Crippen LogP contribution in [0.1, 0.15) is 0 Å². The van der Waals surface area contributed by atoms with Gasteiger partial charge >= 0.3 is 0 Å². The summed E-state index contributed by atoms with van der Waals surface area (Å²) in [6.07, 6.45) is 0. The summed E-state index contributed by atoms with van der Waals surface area (Å²) in [7, 11) is 0. The highest BCUT2D eigenvalue weighted by Crippen LogP contribution is 2.49. The molecule has 238 valence electrons. The van der Waals surface area contributed by atoms with Gasteiger partial charge in [-0.3, -0.25) is 0 Å². The smallest absolute Gasteiger partial charge is 0.143 e. The van der Waals surface area contributed by atoms with Crippen LogP contribution in [0.15, 0.2) is 199 Å². The van der Waals surface area contributed by atoms with E-state index >= 15 is 0 Å². The van der Waals surface area contributed by atoms with Gasteiger partial charge in [0.2, 0.25) is 0 Å². The zero-order valence-electron chi connectivity index (χ0n) is 27.9. The topological polar surface area (TPSA) is 13.1 Å². The van der Waals surface area contributed by atoms with Crippen molar-refractivity contribution < 1.29 is 4.42 Å². The molecule has 1 heteroatoms. The molecule has 1 aromatic heterocycles. The molecule has 9 aromatic carbocycles. The highest BCUT2D eigenvalue weighted by molar-refractivity contribution is 6.25. The summed E-state index contributed by atoms with van der Waals surface area (Å²) in [6.45, 7) is 0. The van der Waals surface area contributed by atoms with E-state index in [1.165, 1.54) is 65.7 Å². The lowest BCUT2D eigenvalue weighted by molar-refractivity contribution is 0.632. The number of benzene rings is 9. The van der Waals surface area contributed by atoms with Crippen LogP contribution in [0.5, 0.6) is 0 Å². The van der Waals surface area contributed by atoms with Gasteiger partial charge in [-0.25, -0.2) is 0 Å². The Kier molecular flexibility index (Phi) is 6.89. The second kappa shape index (κ2) is 12.0. The largest absolute Gasteiger partial charge is 0.455 e. The molecule has 0 aliphatic carbocycles. The minimum Gasteiger partial charge on any atom is -0.455 e. The maximum atomic E-state index is 6.79. The SMILES string of the molecule is c1ccc(-c2oc3cccc(-c4c5ccccc5c(-c5ccc(-c6ccc7ccccc7c6)cc5)c5ccccc45)c3c2-c2ccccc2)cc1. The van der Waals surface area contributed by atoms with Crippen LogP contribution < -0.4 is 0 Å².